The van der Waals surface area contributed by atoms with E-state index >= 15 is 0 Å². The molecule has 3 rings (SSSR count). The van der Waals surface area contributed by atoms with Gasteiger partial charge < -0.3 is 10.6 Å². The molecule has 2 aromatic carbocycles. The Balaban J connectivity index is 1.88. The van der Waals surface area contributed by atoms with Crippen molar-refractivity contribution in [3.63, 3.8) is 0 Å². The van der Waals surface area contributed by atoms with E-state index in [4.69, 9.17) is 0 Å². The lowest BCUT2D eigenvalue weighted by atomic mass is 10.1. The third kappa shape index (κ3) is 3.74. The quantitative estimate of drug-likeness (QED) is 0.677. The number of hydrogen-bond donors (Lipinski definition) is 2. The third-order valence-electron chi connectivity index (χ3n) is 3.85. The molecule has 0 spiro atoms. The fourth-order valence-electron chi connectivity index (χ4n) is 2.55. The van der Waals surface area contributed by atoms with Gasteiger partial charge in [-0.15, -0.1) is 0 Å². The molecule has 2 N–H and O–H groups in total. The highest BCUT2D eigenvalue weighted by Gasteiger charge is 2.11. The molecular weight excluding hydrogens is 322 g/mol. The van der Waals surface area contributed by atoms with Crippen molar-refractivity contribution in [2.75, 3.05) is 10.6 Å². The summed E-state index contributed by atoms with van der Waals surface area (Å²) in [6, 6.07) is 11.4. The summed E-state index contributed by atoms with van der Waals surface area (Å²) in [7, 11) is 0. The molecule has 0 aliphatic carbocycles. The van der Waals surface area contributed by atoms with Crippen LogP contribution in [0.5, 0.6) is 0 Å². The number of para-hydroxylation sites is 2. The van der Waals surface area contributed by atoms with Gasteiger partial charge in [0.2, 0.25) is 5.95 Å². The fraction of sp³-hybridized carbons (Fsp3) is 0.158. The molecule has 0 fully saturated rings. The molecule has 1 aromatic heterocycles. The number of rotatable bonds is 5. The lowest BCUT2D eigenvalue weighted by Crippen LogP contribution is -2.04. The van der Waals surface area contributed by atoms with Crippen LogP contribution < -0.4 is 10.6 Å². The van der Waals surface area contributed by atoms with Crippen molar-refractivity contribution in [3.05, 3.63) is 71.4 Å². The summed E-state index contributed by atoms with van der Waals surface area (Å²) in [6.07, 6.45) is 2.40. The molecule has 0 aliphatic rings. The van der Waals surface area contributed by atoms with E-state index in [-0.39, 0.29) is 11.6 Å². The summed E-state index contributed by atoms with van der Waals surface area (Å²) in [6.45, 7) is 4.09. The molecule has 6 heteroatoms. The van der Waals surface area contributed by atoms with Crippen molar-refractivity contribution in [3.8, 4) is 0 Å². The van der Waals surface area contributed by atoms with Gasteiger partial charge >= 0.3 is 0 Å². The summed E-state index contributed by atoms with van der Waals surface area (Å²) in [4.78, 5) is 8.32. The van der Waals surface area contributed by atoms with Crippen LogP contribution in [0.25, 0.3) is 0 Å². The zero-order chi connectivity index (χ0) is 17.8. The van der Waals surface area contributed by atoms with Crippen LogP contribution >= 0.6 is 0 Å². The second-order valence-electron chi connectivity index (χ2n) is 5.57. The van der Waals surface area contributed by atoms with Gasteiger partial charge in [0, 0.05) is 11.9 Å². The average molecular weight is 340 g/mol. The number of aryl methyl sites for hydroxylation is 2. The minimum atomic E-state index is -0.700. The predicted molar refractivity (Wildman–Crippen MR) is 95.5 cm³/mol. The highest BCUT2D eigenvalue weighted by molar-refractivity contribution is 5.66. The Morgan fingerprint density at radius 3 is 2.36 bits per heavy atom. The zero-order valence-corrected chi connectivity index (χ0v) is 14.0. The largest absolute Gasteiger partial charge is 0.340 e. The van der Waals surface area contributed by atoms with Crippen molar-refractivity contribution in [2.24, 2.45) is 0 Å². The third-order valence-corrected chi connectivity index (χ3v) is 3.85. The maximum Gasteiger partial charge on any atom is 0.229 e. The van der Waals surface area contributed by atoms with Crippen LogP contribution in [0.15, 0.2) is 48.7 Å². The Morgan fingerprint density at radius 1 is 0.920 bits per heavy atom. The molecule has 4 nitrogen and oxygen atoms in total. The molecule has 0 unspecified atom stereocenters. The first kappa shape index (κ1) is 16.8. The van der Waals surface area contributed by atoms with E-state index in [2.05, 4.69) is 27.5 Å². The van der Waals surface area contributed by atoms with E-state index in [0.717, 1.165) is 23.2 Å². The van der Waals surface area contributed by atoms with Crippen molar-refractivity contribution in [2.45, 2.75) is 20.3 Å². The number of anilines is 4. The monoisotopic (exact) mass is 340 g/mol. The minimum absolute atomic E-state index is 0.112. The lowest BCUT2D eigenvalue weighted by Gasteiger charge is -2.14. The molecule has 0 saturated heterocycles. The first-order valence-corrected chi connectivity index (χ1v) is 7.98. The molecule has 0 aliphatic heterocycles. The Bertz CT molecular complexity index is 876. The summed E-state index contributed by atoms with van der Waals surface area (Å²) in [5, 5.41) is 5.87. The van der Waals surface area contributed by atoms with E-state index in [9.17, 15) is 8.78 Å². The number of nitrogens with one attached hydrogen (secondary N) is 2. The number of nitrogens with zero attached hydrogens (tertiary/aromatic N) is 2. The van der Waals surface area contributed by atoms with Crippen molar-refractivity contribution < 1.29 is 8.78 Å². The van der Waals surface area contributed by atoms with Crippen LogP contribution in [-0.4, -0.2) is 9.97 Å². The molecular formula is C19H18F2N4. The van der Waals surface area contributed by atoms with Crippen molar-refractivity contribution in [1.29, 1.82) is 0 Å². The van der Waals surface area contributed by atoms with Crippen LogP contribution in [0.3, 0.4) is 0 Å². The van der Waals surface area contributed by atoms with Gasteiger partial charge in [0.1, 0.15) is 23.1 Å². The maximum absolute atomic E-state index is 13.8. The van der Waals surface area contributed by atoms with Gasteiger partial charge in [0.15, 0.2) is 0 Å². The second kappa shape index (κ2) is 7.25. The summed E-state index contributed by atoms with van der Waals surface area (Å²) >= 11 is 0. The van der Waals surface area contributed by atoms with Gasteiger partial charge in [0.05, 0.1) is 0 Å². The maximum atomic E-state index is 13.8. The Hall–Kier alpha value is -3.02. The van der Waals surface area contributed by atoms with Crippen LogP contribution in [0.4, 0.5) is 31.9 Å². The first-order valence-electron chi connectivity index (χ1n) is 7.98. The molecule has 0 radical (unpaired) electrons. The fourth-order valence-corrected chi connectivity index (χ4v) is 2.55. The predicted octanol–water partition coefficient (Wildman–Crippen LogP) is 5.11. The van der Waals surface area contributed by atoms with E-state index < -0.39 is 11.6 Å². The highest BCUT2D eigenvalue weighted by atomic mass is 19.1. The molecule has 0 amide bonds. The molecule has 25 heavy (non-hydrogen) atoms. The minimum Gasteiger partial charge on any atom is -0.340 e. The normalized spacial score (nSPS) is 10.6. The SMILES string of the molecule is CCc1cccc(C)c1Nc1ccnc(Nc2c(F)cccc2F)n1. The highest BCUT2D eigenvalue weighted by Crippen LogP contribution is 2.26. The Morgan fingerprint density at radius 2 is 1.64 bits per heavy atom. The Kier molecular flexibility index (Phi) is 4.88. The molecule has 0 atom stereocenters. The van der Waals surface area contributed by atoms with Crippen LogP contribution in [0.2, 0.25) is 0 Å². The van der Waals surface area contributed by atoms with E-state index in [1.165, 1.54) is 24.4 Å². The lowest BCUT2D eigenvalue weighted by molar-refractivity contribution is 0.590. The topological polar surface area (TPSA) is 49.8 Å². The summed E-state index contributed by atoms with van der Waals surface area (Å²) < 4.78 is 27.5. The molecule has 0 saturated carbocycles. The van der Waals surface area contributed by atoms with Gasteiger partial charge in [-0.05, 0) is 42.7 Å². The van der Waals surface area contributed by atoms with E-state index in [0.29, 0.717) is 5.82 Å². The van der Waals surface area contributed by atoms with Gasteiger partial charge in [-0.3, -0.25) is 0 Å². The molecule has 1 heterocycles. The standard InChI is InChI=1S/C19H18F2N4/c1-3-13-7-4-6-12(2)17(13)23-16-10-11-22-19(24-16)25-18-14(20)8-5-9-15(18)21/h4-11H,3H2,1-2H3,(H2,22,23,24,25). The number of benzene rings is 2. The number of aromatic nitrogens is 2. The Labute approximate surface area is 145 Å². The second-order valence-corrected chi connectivity index (χ2v) is 5.57. The zero-order valence-electron chi connectivity index (χ0n) is 14.0. The average Bonchev–Trinajstić information content (AvgIpc) is 2.60. The van der Waals surface area contributed by atoms with E-state index in [1.807, 2.05) is 25.1 Å². The number of hydrogen-bond acceptors (Lipinski definition) is 4. The summed E-state index contributed by atoms with van der Waals surface area (Å²) in [5.41, 5.74) is 2.96. The smallest absolute Gasteiger partial charge is 0.229 e. The number of halogens is 2. The molecule has 0 bridgehead atoms. The van der Waals surface area contributed by atoms with Gasteiger partial charge in [0.25, 0.3) is 0 Å². The van der Waals surface area contributed by atoms with Gasteiger partial charge in [-0.25, -0.2) is 13.8 Å². The van der Waals surface area contributed by atoms with Gasteiger partial charge in [-0.1, -0.05) is 31.2 Å². The first-order chi connectivity index (χ1) is 12.1. The van der Waals surface area contributed by atoms with Crippen LogP contribution in [-0.2, 0) is 6.42 Å². The molecule has 128 valence electrons. The van der Waals surface area contributed by atoms with Crippen LogP contribution in [0, 0.1) is 18.6 Å². The van der Waals surface area contributed by atoms with E-state index in [1.54, 1.807) is 6.07 Å². The van der Waals surface area contributed by atoms with Crippen molar-refractivity contribution in [1.82, 2.24) is 9.97 Å². The van der Waals surface area contributed by atoms with Crippen LogP contribution in [0.1, 0.15) is 18.1 Å². The van der Waals surface area contributed by atoms with Gasteiger partial charge in [-0.2, -0.15) is 4.98 Å². The van der Waals surface area contributed by atoms with Crippen molar-refractivity contribution >= 4 is 23.1 Å². The molecule has 3 aromatic rings. The summed E-state index contributed by atoms with van der Waals surface area (Å²) in [5.74, 6) is -0.748.